The van der Waals surface area contributed by atoms with Gasteiger partial charge < -0.3 is 29.7 Å². The molecule has 3 aromatic carbocycles. The van der Waals surface area contributed by atoms with E-state index in [9.17, 15) is 14.4 Å². The number of piperidine rings is 1. The van der Waals surface area contributed by atoms with E-state index in [4.69, 9.17) is 19.4 Å². The van der Waals surface area contributed by atoms with Crippen molar-refractivity contribution in [2.24, 2.45) is 11.8 Å². The summed E-state index contributed by atoms with van der Waals surface area (Å²) in [7, 11) is 1.30. The number of benzene rings is 3. The summed E-state index contributed by atoms with van der Waals surface area (Å²) in [5, 5.41) is 4.86. The van der Waals surface area contributed by atoms with Crippen molar-refractivity contribution in [2.75, 3.05) is 13.7 Å². The molecule has 12 heteroatoms. The van der Waals surface area contributed by atoms with Crippen LogP contribution >= 0.6 is 0 Å². The predicted octanol–water partition coefficient (Wildman–Crippen LogP) is 8.28. The first-order valence-corrected chi connectivity index (χ1v) is 19.1. The van der Waals surface area contributed by atoms with Gasteiger partial charge in [-0.05, 0) is 98.9 Å². The van der Waals surface area contributed by atoms with Crippen molar-refractivity contribution >= 4 is 39.9 Å². The molecule has 3 fully saturated rings. The molecule has 4 heterocycles. The van der Waals surface area contributed by atoms with E-state index in [0.717, 1.165) is 87.9 Å². The monoisotopic (exact) mass is 731 g/mol. The van der Waals surface area contributed by atoms with E-state index in [2.05, 4.69) is 69.9 Å². The zero-order valence-electron chi connectivity index (χ0n) is 31.8. The van der Waals surface area contributed by atoms with Crippen LogP contribution in [0.15, 0.2) is 60.8 Å². The van der Waals surface area contributed by atoms with E-state index < -0.39 is 17.7 Å². The molecule has 2 bridgehead atoms. The molecular formula is C42H49N7O5. The molecule has 2 aliphatic heterocycles. The van der Waals surface area contributed by atoms with Crippen molar-refractivity contribution < 1.29 is 23.9 Å². The van der Waals surface area contributed by atoms with E-state index in [1.165, 1.54) is 7.11 Å². The molecule has 12 nitrogen and oxygen atoms in total. The smallest absolute Gasteiger partial charge is 0.411 e. The quantitative estimate of drug-likeness (QED) is 0.153. The van der Waals surface area contributed by atoms with E-state index in [1.54, 1.807) is 0 Å². The first kappa shape index (κ1) is 35.6. The van der Waals surface area contributed by atoms with Gasteiger partial charge in [-0.1, -0.05) is 56.3 Å². The number of nitrogens with one attached hydrogen (secondary N) is 3. The summed E-state index contributed by atoms with van der Waals surface area (Å²) in [5.74, 6) is 1.72. The van der Waals surface area contributed by atoms with E-state index in [0.29, 0.717) is 12.5 Å². The number of alkyl carbamates (subject to hydrolysis) is 1. The number of carbonyl (C=O) groups is 3. The molecule has 3 amide bonds. The minimum absolute atomic E-state index is 0.0966. The van der Waals surface area contributed by atoms with Crippen LogP contribution in [-0.4, -0.2) is 79.2 Å². The highest BCUT2D eigenvalue weighted by Gasteiger charge is 2.51. The SMILES string of the molecule is COC(=O)NC(C(=O)N1CCCC1c1ncc(-c2ccc(-c3ccc4c(ccc5[nH]c([C@@H]6[C@H]7CC[C@H](C7)N6C(=O)OC(C)(C)C)nc54)c3)cc2)[nH]1)C(C)C. The number of hydrogen-bond acceptors (Lipinski definition) is 7. The van der Waals surface area contributed by atoms with Crippen LogP contribution in [0.5, 0.6) is 0 Å². The van der Waals surface area contributed by atoms with Gasteiger partial charge in [0.2, 0.25) is 5.91 Å². The lowest BCUT2D eigenvalue weighted by Crippen LogP contribution is -2.51. The normalized spacial score (nSPS) is 21.7. The van der Waals surface area contributed by atoms with Gasteiger partial charge in [-0.2, -0.15) is 0 Å². The van der Waals surface area contributed by atoms with E-state index in [-0.39, 0.29) is 36.0 Å². The lowest BCUT2D eigenvalue weighted by atomic mass is 9.98. The largest absolute Gasteiger partial charge is 0.453 e. The van der Waals surface area contributed by atoms with Gasteiger partial charge in [0.05, 0.1) is 42.1 Å². The Hall–Kier alpha value is -5.39. The number of hydrogen-bond donors (Lipinski definition) is 3. The Morgan fingerprint density at radius 1 is 0.926 bits per heavy atom. The topological polar surface area (TPSA) is 146 Å². The number of rotatable bonds is 7. The third-order valence-corrected chi connectivity index (χ3v) is 11.3. The number of fused-ring (bicyclic) bond motifs is 5. The Balaban J connectivity index is 0.999. The maximum atomic E-state index is 13.6. The van der Waals surface area contributed by atoms with Crippen LogP contribution < -0.4 is 5.32 Å². The number of aromatic nitrogens is 4. The molecule has 3 aliphatic rings. The van der Waals surface area contributed by atoms with Crippen LogP contribution in [0.25, 0.3) is 44.2 Å². The average molecular weight is 732 g/mol. The molecule has 5 atom stereocenters. The van der Waals surface area contributed by atoms with Crippen molar-refractivity contribution in [3.63, 3.8) is 0 Å². The van der Waals surface area contributed by atoms with Crippen molar-refractivity contribution in [1.82, 2.24) is 35.1 Å². The molecule has 2 saturated heterocycles. The number of imidazole rings is 2. The lowest BCUT2D eigenvalue weighted by molar-refractivity contribution is -0.135. The summed E-state index contributed by atoms with van der Waals surface area (Å²) >= 11 is 0. The third-order valence-electron chi connectivity index (χ3n) is 11.3. The zero-order chi connectivity index (χ0) is 37.9. The van der Waals surface area contributed by atoms with Gasteiger partial charge in [0, 0.05) is 18.0 Å². The van der Waals surface area contributed by atoms with Crippen LogP contribution in [0, 0.1) is 11.8 Å². The maximum Gasteiger partial charge on any atom is 0.411 e. The Kier molecular flexibility index (Phi) is 9.10. The molecular weight excluding hydrogens is 683 g/mol. The second kappa shape index (κ2) is 13.8. The molecule has 1 aliphatic carbocycles. The van der Waals surface area contributed by atoms with Crippen LogP contribution in [0.3, 0.4) is 0 Å². The number of amides is 3. The Morgan fingerprint density at radius 3 is 2.43 bits per heavy atom. The second-order valence-electron chi connectivity index (χ2n) is 16.4. The highest BCUT2D eigenvalue weighted by Crippen LogP contribution is 2.50. The number of ether oxygens (including phenoxy) is 2. The first-order valence-electron chi connectivity index (χ1n) is 19.1. The molecule has 2 aromatic heterocycles. The first-order chi connectivity index (χ1) is 25.9. The van der Waals surface area contributed by atoms with Gasteiger partial charge >= 0.3 is 12.2 Å². The molecule has 1 saturated carbocycles. The standard InChI is InChI=1S/C42H49N7O5/c1-23(2)34(47-40(51)53-6)39(50)48-19-7-8-33(48)37-43-22-32(45-37)25-11-9-24(10-12-25)26-14-17-30-27(20-26)15-18-31-35(30)46-38(44-31)36-28-13-16-29(21-28)49(36)41(52)54-42(3,4)5/h9-12,14-15,17-18,20,22-23,28-29,33-34,36H,7-8,13,16,19,21H2,1-6H3,(H,43,45)(H,44,46)(H,47,51)/t28-,29+,33?,34?,36-/m0/s1. The summed E-state index contributed by atoms with van der Waals surface area (Å²) in [6.45, 7) is 10.2. The summed E-state index contributed by atoms with van der Waals surface area (Å²) in [6, 6.07) is 18.3. The number of carbonyl (C=O) groups excluding carboxylic acids is 3. The zero-order valence-corrected chi connectivity index (χ0v) is 31.8. The van der Waals surface area contributed by atoms with Crippen LogP contribution in [0.2, 0.25) is 0 Å². The summed E-state index contributed by atoms with van der Waals surface area (Å²) < 4.78 is 10.6. The Bertz CT molecular complexity index is 2220. The van der Waals surface area contributed by atoms with Gasteiger partial charge in [0.25, 0.3) is 0 Å². The van der Waals surface area contributed by atoms with Gasteiger partial charge in [-0.25, -0.2) is 19.6 Å². The second-order valence-corrected chi connectivity index (χ2v) is 16.4. The number of nitrogens with zero attached hydrogens (tertiary/aromatic N) is 4. The highest BCUT2D eigenvalue weighted by molar-refractivity contribution is 6.05. The molecule has 5 aromatic rings. The number of likely N-dealkylation sites (tertiary alicyclic amines) is 2. The molecule has 2 unspecified atom stereocenters. The number of aromatic amines is 2. The minimum Gasteiger partial charge on any atom is -0.453 e. The fourth-order valence-electron chi connectivity index (χ4n) is 8.75. The summed E-state index contributed by atoms with van der Waals surface area (Å²) in [6.07, 6.45) is 5.68. The van der Waals surface area contributed by atoms with Gasteiger partial charge in [0.1, 0.15) is 23.3 Å². The predicted molar refractivity (Wildman–Crippen MR) is 206 cm³/mol. The van der Waals surface area contributed by atoms with Crippen LogP contribution in [0.1, 0.15) is 90.5 Å². The van der Waals surface area contributed by atoms with Crippen LogP contribution in [-0.2, 0) is 14.3 Å². The fraction of sp³-hybridized carbons (Fsp3) is 0.452. The Morgan fingerprint density at radius 2 is 1.69 bits per heavy atom. The molecule has 54 heavy (non-hydrogen) atoms. The summed E-state index contributed by atoms with van der Waals surface area (Å²) in [4.78, 5) is 59.5. The fourth-order valence-corrected chi connectivity index (χ4v) is 8.75. The third kappa shape index (κ3) is 6.56. The van der Waals surface area contributed by atoms with Crippen molar-refractivity contribution in [1.29, 1.82) is 0 Å². The van der Waals surface area contributed by atoms with Crippen molar-refractivity contribution in [3.8, 4) is 22.4 Å². The number of methoxy groups -OCH3 is 1. The minimum atomic E-state index is -0.679. The highest BCUT2D eigenvalue weighted by atomic mass is 16.6. The molecule has 8 rings (SSSR count). The molecule has 0 radical (unpaired) electrons. The molecule has 3 N–H and O–H groups in total. The van der Waals surface area contributed by atoms with Gasteiger partial charge in [-0.15, -0.1) is 0 Å². The lowest BCUT2D eigenvalue weighted by Gasteiger charge is -2.35. The Labute approximate surface area is 315 Å². The van der Waals surface area contributed by atoms with Gasteiger partial charge in [0.15, 0.2) is 0 Å². The van der Waals surface area contributed by atoms with Crippen LogP contribution in [0.4, 0.5) is 9.59 Å². The number of H-pyrrole nitrogens is 2. The van der Waals surface area contributed by atoms with Crippen molar-refractivity contribution in [3.05, 3.63) is 72.4 Å². The molecule has 0 spiro atoms. The van der Waals surface area contributed by atoms with E-state index >= 15 is 0 Å². The summed E-state index contributed by atoms with van der Waals surface area (Å²) in [5.41, 5.74) is 5.37. The van der Waals surface area contributed by atoms with E-state index in [1.807, 2.05) is 50.6 Å². The average Bonchev–Trinajstić information content (AvgIpc) is 3.99. The maximum absolute atomic E-state index is 13.6. The van der Waals surface area contributed by atoms with Gasteiger partial charge in [-0.3, -0.25) is 9.69 Å². The van der Waals surface area contributed by atoms with Crippen molar-refractivity contribution in [2.45, 2.75) is 96.5 Å². The molecule has 282 valence electrons.